The number of nitrogens with one attached hydrogen (secondary N) is 2. The average molecular weight is 649 g/mol. The van der Waals surface area contributed by atoms with Gasteiger partial charge in [-0.25, -0.2) is 24.3 Å². The zero-order chi connectivity index (χ0) is 32.1. The Balaban J connectivity index is 0.847. The fourth-order valence-electron chi connectivity index (χ4n) is 11.3. The largest absolute Gasteiger partial charge is 0.346 e. The Hall–Kier alpha value is -1.05. The third-order valence-corrected chi connectivity index (χ3v) is 14.0. The molecule has 0 unspecified atom stereocenters. The quantitative estimate of drug-likeness (QED) is 0.357. The van der Waals surface area contributed by atoms with Crippen LogP contribution in [0.2, 0.25) is 0 Å². The van der Waals surface area contributed by atoms with Crippen molar-refractivity contribution < 1.29 is 43.3 Å². The molecule has 2 amide bonds. The fraction of sp³-hybridized carbons (Fsp3) is 0.971. The lowest BCUT2D eigenvalue weighted by Crippen LogP contribution is -2.70. The van der Waals surface area contributed by atoms with Gasteiger partial charge in [-0.3, -0.25) is 0 Å². The van der Waals surface area contributed by atoms with E-state index in [1.165, 1.54) is 12.8 Å². The van der Waals surface area contributed by atoms with Gasteiger partial charge in [0.05, 0.1) is 12.2 Å². The lowest BCUT2D eigenvalue weighted by Gasteiger charge is -2.60. The van der Waals surface area contributed by atoms with Crippen molar-refractivity contribution in [3.05, 3.63) is 0 Å². The fourth-order valence-corrected chi connectivity index (χ4v) is 11.3. The summed E-state index contributed by atoms with van der Waals surface area (Å²) in [5.74, 6) is 1.33. The first kappa shape index (κ1) is 32.2. The molecule has 2 spiro atoms. The normalized spacial score (nSPS) is 55.4. The van der Waals surface area contributed by atoms with Crippen molar-refractivity contribution in [3.8, 4) is 0 Å². The van der Waals surface area contributed by atoms with Crippen LogP contribution in [0.15, 0.2) is 0 Å². The minimum atomic E-state index is -0.779. The molecule has 16 atom stereocenters. The van der Waals surface area contributed by atoms with E-state index in [1.807, 2.05) is 13.8 Å². The van der Waals surface area contributed by atoms with Gasteiger partial charge in [0.2, 0.25) is 11.6 Å². The molecule has 2 N–H and O–H groups in total. The maximum absolute atomic E-state index is 12.9. The van der Waals surface area contributed by atoms with Crippen molar-refractivity contribution in [2.75, 3.05) is 13.1 Å². The summed E-state index contributed by atoms with van der Waals surface area (Å²) in [5, 5.41) is 6.15. The van der Waals surface area contributed by atoms with Crippen LogP contribution in [0.25, 0.3) is 0 Å². The number of fused-ring (bicyclic) bond motifs is 4. The minimum absolute atomic E-state index is 0.0321. The van der Waals surface area contributed by atoms with Crippen LogP contribution in [-0.2, 0) is 38.5 Å². The molecule has 8 saturated heterocycles. The maximum atomic E-state index is 12.9. The Labute approximate surface area is 273 Å². The number of hydrogen-bond acceptors (Lipinski definition) is 9. The van der Waals surface area contributed by atoms with Gasteiger partial charge in [-0.2, -0.15) is 0 Å². The van der Waals surface area contributed by atoms with E-state index in [1.54, 1.807) is 0 Å². The third kappa shape index (κ3) is 4.84. The highest BCUT2D eigenvalue weighted by Crippen LogP contribution is 2.62. The molecule has 2 saturated carbocycles. The monoisotopic (exact) mass is 648 g/mol. The minimum Gasteiger partial charge on any atom is -0.346 e. The maximum Gasteiger partial charge on any atom is 0.314 e. The molecule has 10 rings (SSSR count). The summed E-state index contributed by atoms with van der Waals surface area (Å²) in [4.78, 5) is 37.3. The van der Waals surface area contributed by atoms with Gasteiger partial charge in [-0.1, -0.05) is 27.7 Å². The number of hydrogen-bond donors (Lipinski definition) is 2. The summed E-state index contributed by atoms with van der Waals surface area (Å²) in [7, 11) is 0. The van der Waals surface area contributed by atoms with Crippen LogP contribution in [0, 0.1) is 47.3 Å². The lowest BCUT2D eigenvalue weighted by molar-refractivity contribution is -0.571. The lowest BCUT2D eigenvalue weighted by atomic mass is 9.57. The Morgan fingerprint density at radius 3 is 1.48 bits per heavy atom. The van der Waals surface area contributed by atoms with Crippen LogP contribution < -0.4 is 10.6 Å². The molecular weight excluding hydrogens is 592 g/mol. The Morgan fingerprint density at radius 1 is 0.609 bits per heavy atom. The van der Waals surface area contributed by atoms with Crippen molar-refractivity contribution in [1.29, 1.82) is 0 Å². The number of ether oxygens (including phenoxy) is 4. The second-order valence-corrected chi connectivity index (χ2v) is 16.6. The summed E-state index contributed by atoms with van der Waals surface area (Å²) >= 11 is 0. The Morgan fingerprint density at radius 2 is 1.04 bits per heavy atom. The molecular formula is C35H56N2O9. The second kappa shape index (κ2) is 11.5. The summed E-state index contributed by atoms with van der Waals surface area (Å²) in [5.41, 5.74) is -1.11. The van der Waals surface area contributed by atoms with Gasteiger partial charge in [0, 0.05) is 37.8 Å². The van der Waals surface area contributed by atoms with Gasteiger partial charge < -0.3 is 29.6 Å². The molecule has 0 aromatic rings. The number of rotatable bonds is 6. The molecule has 2 aliphatic carbocycles. The molecule has 8 heterocycles. The van der Waals surface area contributed by atoms with Gasteiger partial charge in [-0.15, -0.1) is 0 Å². The molecule has 11 heteroatoms. The van der Waals surface area contributed by atoms with Gasteiger partial charge in [-0.05, 0) is 101 Å². The predicted molar refractivity (Wildman–Crippen MR) is 164 cm³/mol. The topological polar surface area (TPSA) is 115 Å². The van der Waals surface area contributed by atoms with Gasteiger partial charge in [0.1, 0.15) is 0 Å². The third-order valence-electron chi connectivity index (χ3n) is 14.0. The SMILES string of the molecule is C[C@H]1[C@@H](CCNC(=O)NCC[C@H]2O[C@@H]3O[C@@]4(C)CC[C@H]5[C@H](C)CC[C@@H]([C@H]2C)[C@@]35OO4)O[C@@H]2O[C@@]3(C)CC[C@H]4[C@H](C)CC[C@@H]1[C@@]24OO3. The van der Waals surface area contributed by atoms with E-state index in [4.69, 9.17) is 38.5 Å². The zero-order valence-electron chi connectivity index (χ0n) is 28.6. The van der Waals surface area contributed by atoms with Crippen LogP contribution >= 0.6 is 0 Å². The molecule has 4 bridgehead atoms. The Bertz CT molecular complexity index is 1090. The van der Waals surface area contributed by atoms with E-state index < -0.39 is 35.4 Å². The summed E-state index contributed by atoms with van der Waals surface area (Å²) < 4.78 is 26.3. The van der Waals surface area contributed by atoms with E-state index >= 15 is 0 Å². The van der Waals surface area contributed by atoms with E-state index in [9.17, 15) is 4.79 Å². The van der Waals surface area contributed by atoms with E-state index in [0.717, 1.165) is 38.5 Å². The van der Waals surface area contributed by atoms with Gasteiger partial charge in [0.15, 0.2) is 23.8 Å². The summed E-state index contributed by atoms with van der Waals surface area (Å²) in [6.07, 6.45) is 8.61. The molecule has 0 radical (unpaired) electrons. The molecule has 260 valence electrons. The van der Waals surface area contributed by atoms with Crippen molar-refractivity contribution >= 4 is 6.03 Å². The number of carbonyl (C=O) groups excluding carboxylic acids is 1. The molecule has 10 aliphatic rings. The van der Waals surface area contributed by atoms with Crippen LogP contribution in [0.1, 0.15) is 106 Å². The van der Waals surface area contributed by atoms with Crippen molar-refractivity contribution in [1.82, 2.24) is 10.6 Å². The standard InChI is InChI=1S/C35H56N2O9/c1-19-7-9-25-21(3)27(39-29-34(25)23(19)11-15-32(5,41-29)43-45-34)13-17-36-31(38)37-18-14-28-22(4)26-10-8-20(2)24-12-16-33(6)42-30(40-28)35(24,26)46-44-33/h19-30H,7-18H2,1-6H3,(H2,36,37,38)/t19-,20-,21-,22-,23+,24+,25+,26+,27-,28-,29-,30-,32-,33-,34-,35-/m1/s1. The van der Waals surface area contributed by atoms with Gasteiger partial charge in [0.25, 0.3) is 0 Å². The number of carbonyl (C=O) groups is 1. The van der Waals surface area contributed by atoms with Gasteiger partial charge >= 0.3 is 6.03 Å². The first-order chi connectivity index (χ1) is 22.0. The van der Waals surface area contributed by atoms with Crippen LogP contribution in [0.4, 0.5) is 4.79 Å². The molecule has 0 aromatic carbocycles. The second-order valence-electron chi connectivity index (χ2n) is 16.6. The first-order valence-corrected chi connectivity index (χ1v) is 18.4. The summed E-state index contributed by atoms with van der Waals surface area (Å²) in [6, 6.07) is -0.166. The summed E-state index contributed by atoms with van der Waals surface area (Å²) in [6.45, 7) is 14.2. The molecule has 11 nitrogen and oxygen atoms in total. The molecule has 0 aromatic heterocycles. The van der Waals surface area contributed by atoms with Crippen molar-refractivity contribution in [2.24, 2.45) is 47.3 Å². The van der Waals surface area contributed by atoms with E-state index in [-0.39, 0.29) is 30.1 Å². The number of amides is 2. The van der Waals surface area contributed by atoms with Crippen LogP contribution in [-0.4, -0.2) is 66.7 Å². The smallest absolute Gasteiger partial charge is 0.314 e. The first-order valence-electron chi connectivity index (χ1n) is 18.4. The highest BCUT2D eigenvalue weighted by molar-refractivity contribution is 5.73. The highest BCUT2D eigenvalue weighted by Gasteiger charge is 2.70. The van der Waals surface area contributed by atoms with Crippen molar-refractivity contribution in [2.45, 2.75) is 153 Å². The highest BCUT2D eigenvalue weighted by atomic mass is 17.3. The van der Waals surface area contributed by atoms with Crippen molar-refractivity contribution in [3.63, 3.8) is 0 Å². The average Bonchev–Trinajstić information content (AvgIpc) is 3.39. The van der Waals surface area contributed by atoms with E-state index in [2.05, 4.69) is 38.3 Å². The van der Waals surface area contributed by atoms with Crippen LogP contribution in [0.3, 0.4) is 0 Å². The predicted octanol–water partition coefficient (Wildman–Crippen LogP) is 5.57. The van der Waals surface area contributed by atoms with E-state index in [0.29, 0.717) is 61.4 Å². The number of urea groups is 1. The molecule has 10 fully saturated rings. The Kier molecular flexibility index (Phi) is 8.05. The zero-order valence-corrected chi connectivity index (χ0v) is 28.6. The van der Waals surface area contributed by atoms with Crippen LogP contribution in [0.5, 0.6) is 0 Å². The molecule has 8 aliphatic heterocycles. The molecule has 46 heavy (non-hydrogen) atoms.